The fourth-order valence-electron chi connectivity index (χ4n) is 3.56. The molecule has 1 saturated heterocycles. The zero-order valence-electron chi connectivity index (χ0n) is 12.3. The summed E-state index contributed by atoms with van der Waals surface area (Å²) < 4.78 is 10.3. The van der Waals surface area contributed by atoms with Crippen molar-refractivity contribution < 1.29 is 19.1 Å². The Morgan fingerprint density at radius 2 is 2.25 bits per heavy atom. The highest BCUT2D eigenvalue weighted by atomic mass is 16.5. The molecule has 0 aromatic carbocycles. The van der Waals surface area contributed by atoms with E-state index >= 15 is 0 Å². The highest BCUT2D eigenvalue weighted by molar-refractivity contribution is 5.69. The molecule has 20 heavy (non-hydrogen) atoms. The Labute approximate surface area is 120 Å². The lowest BCUT2D eigenvalue weighted by Crippen LogP contribution is -2.35. The van der Waals surface area contributed by atoms with Crippen LogP contribution >= 0.6 is 0 Å². The van der Waals surface area contributed by atoms with Crippen molar-refractivity contribution >= 4 is 12.3 Å². The number of carbonyl (C=O) groups excluding carboxylic acids is 2. The van der Waals surface area contributed by atoms with E-state index in [1.807, 2.05) is 0 Å². The van der Waals surface area contributed by atoms with Crippen molar-refractivity contribution in [3.63, 3.8) is 0 Å². The molecule has 0 radical (unpaired) electrons. The van der Waals surface area contributed by atoms with Crippen LogP contribution in [0.2, 0.25) is 0 Å². The molecule has 2 aliphatic rings. The number of carbonyl (C=O) groups is 2. The number of hydrogen-bond acceptors (Lipinski definition) is 4. The van der Waals surface area contributed by atoms with Gasteiger partial charge in [0.1, 0.15) is 6.29 Å². The first kappa shape index (κ1) is 15.2. The van der Waals surface area contributed by atoms with Crippen molar-refractivity contribution in [3.8, 4) is 0 Å². The molecule has 2 bridgehead atoms. The number of methoxy groups -OCH3 is 1. The van der Waals surface area contributed by atoms with E-state index in [4.69, 9.17) is 4.74 Å². The molecule has 0 amide bonds. The highest BCUT2D eigenvalue weighted by Crippen LogP contribution is 2.54. The first-order valence-corrected chi connectivity index (χ1v) is 7.39. The number of allylic oxidation sites excluding steroid dienone is 2. The topological polar surface area (TPSA) is 52.6 Å². The third-order valence-electron chi connectivity index (χ3n) is 4.78. The molecule has 4 heteroatoms. The Balaban J connectivity index is 1.76. The summed E-state index contributed by atoms with van der Waals surface area (Å²) in [6.07, 6.45) is 9.58. The van der Waals surface area contributed by atoms with E-state index in [2.05, 4.69) is 23.8 Å². The van der Waals surface area contributed by atoms with Crippen LogP contribution in [0.4, 0.5) is 0 Å². The molecule has 112 valence electrons. The predicted molar refractivity (Wildman–Crippen MR) is 75.1 cm³/mol. The van der Waals surface area contributed by atoms with Crippen LogP contribution in [0.5, 0.6) is 0 Å². The number of hydrogen-bond donors (Lipinski definition) is 0. The monoisotopic (exact) mass is 280 g/mol. The fraction of sp³-hybridized carbons (Fsp3) is 0.750. The Bertz CT molecular complexity index is 390. The average Bonchev–Trinajstić information content (AvgIpc) is 2.95. The molecule has 2 rings (SSSR count). The summed E-state index contributed by atoms with van der Waals surface area (Å²) in [7, 11) is 1.41. The van der Waals surface area contributed by atoms with Crippen LogP contribution in [-0.2, 0) is 19.1 Å². The average molecular weight is 280 g/mol. The van der Waals surface area contributed by atoms with Crippen molar-refractivity contribution in [1.29, 1.82) is 0 Å². The third kappa shape index (κ3) is 3.11. The van der Waals surface area contributed by atoms with E-state index < -0.39 is 0 Å². The molecule has 1 heterocycles. The second kappa shape index (κ2) is 6.53. The van der Waals surface area contributed by atoms with Crippen molar-refractivity contribution in [2.45, 2.75) is 45.1 Å². The molecule has 2 fully saturated rings. The van der Waals surface area contributed by atoms with Gasteiger partial charge >= 0.3 is 5.97 Å². The molecule has 2 unspecified atom stereocenters. The molecule has 0 aromatic heterocycles. The van der Waals surface area contributed by atoms with Crippen LogP contribution < -0.4 is 0 Å². The number of fused-ring (bicyclic) bond motifs is 2. The molecule has 0 N–H and O–H groups in total. The second-order valence-corrected chi connectivity index (χ2v) is 6.20. The van der Waals surface area contributed by atoms with E-state index in [0.29, 0.717) is 12.3 Å². The molecular formula is C16H24O4. The van der Waals surface area contributed by atoms with Gasteiger partial charge in [-0.05, 0) is 37.0 Å². The van der Waals surface area contributed by atoms with E-state index in [1.54, 1.807) is 0 Å². The van der Waals surface area contributed by atoms with Gasteiger partial charge in [0.25, 0.3) is 0 Å². The highest BCUT2D eigenvalue weighted by Gasteiger charge is 2.55. The minimum Gasteiger partial charge on any atom is -0.469 e. The SMILES string of the molecule is COC(=O)CCC/C=C\CC1[C@@H](C=O)[C@H]2CC1(C)CO2. The Kier molecular flexibility index (Phi) is 4.97. The second-order valence-electron chi connectivity index (χ2n) is 6.20. The minimum absolute atomic E-state index is 0.0495. The predicted octanol–water partition coefficient (Wildman–Crippen LogP) is 2.52. The minimum atomic E-state index is -0.155. The van der Waals surface area contributed by atoms with Gasteiger partial charge in [0.15, 0.2) is 0 Å². The summed E-state index contributed by atoms with van der Waals surface area (Å²) in [5, 5.41) is 0. The number of unbranched alkanes of at least 4 members (excludes halogenated alkanes) is 1. The zero-order chi connectivity index (χ0) is 14.6. The fourth-order valence-corrected chi connectivity index (χ4v) is 3.56. The lowest BCUT2D eigenvalue weighted by Gasteiger charge is -2.33. The van der Waals surface area contributed by atoms with Gasteiger partial charge < -0.3 is 14.3 Å². The van der Waals surface area contributed by atoms with Crippen molar-refractivity contribution in [2.24, 2.45) is 17.3 Å². The zero-order valence-corrected chi connectivity index (χ0v) is 12.3. The summed E-state index contributed by atoms with van der Waals surface area (Å²) in [5.74, 6) is 0.293. The maximum absolute atomic E-state index is 11.2. The van der Waals surface area contributed by atoms with E-state index in [1.165, 1.54) is 7.11 Å². The summed E-state index contributed by atoms with van der Waals surface area (Å²) in [6, 6.07) is 0. The van der Waals surface area contributed by atoms with Crippen LogP contribution in [0.3, 0.4) is 0 Å². The van der Waals surface area contributed by atoms with Crippen LogP contribution in [0, 0.1) is 17.3 Å². The summed E-state index contributed by atoms with van der Waals surface area (Å²) >= 11 is 0. The molecular weight excluding hydrogens is 256 g/mol. The van der Waals surface area contributed by atoms with Crippen LogP contribution in [0.25, 0.3) is 0 Å². The lowest BCUT2D eigenvalue weighted by atomic mass is 9.75. The number of rotatable bonds is 7. The van der Waals surface area contributed by atoms with Gasteiger partial charge in [0.2, 0.25) is 0 Å². The number of ether oxygens (including phenoxy) is 2. The normalized spacial score (nSPS) is 35.6. The van der Waals surface area contributed by atoms with Crippen LogP contribution in [0.15, 0.2) is 12.2 Å². The first-order chi connectivity index (χ1) is 9.60. The third-order valence-corrected chi connectivity index (χ3v) is 4.78. The van der Waals surface area contributed by atoms with Gasteiger partial charge in [-0.15, -0.1) is 0 Å². The van der Waals surface area contributed by atoms with E-state index in [9.17, 15) is 9.59 Å². The van der Waals surface area contributed by atoms with Crippen molar-refractivity contribution in [2.75, 3.05) is 13.7 Å². The smallest absolute Gasteiger partial charge is 0.305 e. The summed E-state index contributed by atoms with van der Waals surface area (Å²) in [6.45, 7) is 3.01. The summed E-state index contributed by atoms with van der Waals surface area (Å²) in [4.78, 5) is 22.2. The molecule has 1 saturated carbocycles. The van der Waals surface area contributed by atoms with Gasteiger partial charge in [-0.1, -0.05) is 19.1 Å². The van der Waals surface area contributed by atoms with Crippen LogP contribution in [0.1, 0.15) is 39.0 Å². The first-order valence-electron chi connectivity index (χ1n) is 7.39. The Morgan fingerprint density at radius 1 is 1.45 bits per heavy atom. The standard InChI is InChI=1S/C16H24O4/c1-16-9-14(20-11-16)12(10-17)13(16)7-5-3-4-6-8-15(18)19-2/h3,5,10,12-14H,4,6-9,11H2,1-2H3/b5-3-/t12-,13?,14-,16?/m1/s1. The molecule has 4 nitrogen and oxygen atoms in total. The van der Waals surface area contributed by atoms with E-state index in [-0.39, 0.29) is 23.4 Å². The lowest BCUT2D eigenvalue weighted by molar-refractivity contribution is -0.140. The molecule has 4 atom stereocenters. The summed E-state index contributed by atoms with van der Waals surface area (Å²) in [5.41, 5.74) is 0.159. The van der Waals surface area contributed by atoms with Crippen LogP contribution in [-0.4, -0.2) is 32.1 Å². The largest absolute Gasteiger partial charge is 0.469 e. The van der Waals surface area contributed by atoms with Gasteiger partial charge in [0.05, 0.1) is 19.8 Å². The molecule has 1 aliphatic heterocycles. The van der Waals surface area contributed by atoms with E-state index in [0.717, 1.165) is 38.6 Å². The molecule has 1 aliphatic carbocycles. The van der Waals surface area contributed by atoms with Gasteiger partial charge in [-0.2, -0.15) is 0 Å². The van der Waals surface area contributed by atoms with Crippen molar-refractivity contribution in [3.05, 3.63) is 12.2 Å². The maximum Gasteiger partial charge on any atom is 0.305 e. The quantitative estimate of drug-likeness (QED) is 0.311. The van der Waals surface area contributed by atoms with Gasteiger partial charge in [-0.3, -0.25) is 4.79 Å². The van der Waals surface area contributed by atoms with Crippen molar-refractivity contribution in [1.82, 2.24) is 0 Å². The Morgan fingerprint density at radius 3 is 2.95 bits per heavy atom. The Hall–Kier alpha value is -1.16. The maximum atomic E-state index is 11.2. The number of aldehydes is 1. The molecule has 0 spiro atoms. The number of esters is 1. The van der Waals surface area contributed by atoms with Gasteiger partial charge in [-0.25, -0.2) is 0 Å². The van der Waals surface area contributed by atoms with Gasteiger partial charge in [0, 0.05) is 12.3 Å². The molecule has 0 aromatic rings.